The van der Waals surface area contributed by atoms with E-state index in [0.717, 1.165) is 5.56 Å². The molecule has 0 fully saturated rings. The van der Waals surface area contributed by atoms with Crippen molar-refractivity contribution in [3.05, 3.63) is 35.4 Å². The third kappa shape index (κ3) is 6.27. The van der Waals surface area contributed by atoms with Gasteiger partial charge in [0.05, 0.1) is 0 Å². The molecule has 1 unspecified atom stereocenters. The second kappa shape index (κ2) is 7.08. The van der Waals surface area contributed by atoms with Crippen LogP contribution in [0.1, 0.15) is 36.7 Å². The number of carbonyl (C=O) groups excluding carboxylic acids is 2. The fraction of sp³-hybridized carbons (Fsp3) is 0.467. The Morgan fingerprint density at radius 1 is 1.24 bits per heavy atom. The summed E-state index contributed by atoms with van der Waals surface area (Å²) in [6, 6.07) is 6.65. The average molecular weight is 293 g/mol. The fourth-order valence-corrected chi connectivity index (χ4v) is 1.76. The summed E-state index contributed by atoms with van der Waals surface area (Å²) in [6.45, 7) is 5.68. The number of rotatable bonds is 5. The Morgan fingerprint density at radius 2 is 1.81 bits per heavy atom. The number of primary amides is 1. The van der Waals surface area contributed by atoms with Gasteiger partial charge in [0.15, 0.2) is 0 Å². The molecule has 0 spiro atoms. The zero-order chi connectivity index (χ0) is 16.0. The third-order valence-corrected chi connectivity index (χ3v) is 2.73. The Kier molecular flexibility index (Phi) is 5.72. The van der Waals surface area contributed by atoms with Crippen LogP contribution in [0.15, 0.2) is 24.3 Å². The van der Waals surface area contributed by atoms with E-state index in [4.69, 9.17) is 16.2 Å². The average Bonchev–Trinajstić information content (AvgIpc) is 2.36. The van der Waals surface area contributed by atoms with Gasteiger partial charge in [0.2, 0.25) is 5.91 Å². The first kappa shape index (κ1) is 17.0. The highest BCUT2D eigenvalue weighted by atomic mass is 16.6. The van der Waals surface area contributed by atoms with E-state index in [1.807, 2.05) is 0 Å². The summed E-state index contributed by atoms with van der Waals surface area (Å²) in [5.74, 6) is -0.469. The van der Waals surface area contributed by atoms with E-state index >= 15 is 0 Å². The lowest BCUT2D eigenvalue weighted by molar-refractivity contribution is 0.0506. The minimum Gasteiger partial charge on any atom is -0.444 e. The van der Waals surface area contributed by atoms with Crippen molar-refractivity contribution in [2.75, 3.05) is 6.54 Å². The Morgan fingerprint density at radius 3 is 2.24 bits per heavy atom. The number of nitrogens with two attached hydrogens (primary N) is 2. The van der Waals surface area contributed by atoms with Gasteiger partial charge in [0, 0.05) is 18.2 Å². The molecule has 1 atom stereocenters. The molecular formula is C15H23N3O3. The molecule has 1 rings (SSSR count). The smallest absolute Gasteiger partial charge is 0.407 e. The summed E-state index contributed by atoms with van der Waals surface area (Å²) >= 11 is 0. The topological polar surface area (TPSA) is 107 Å². The fourth-order valence-electron chi connectivity index (χ4n) is 1.76. The second-order valence-electron chi connectivity index (χ2n) is 5.84. The van der Waals surface area contributed by atoms with Crippen LogP contribution in [0.5, 0.6) is 0 Å². The normalized spacial score (nSPS) is 12.6. The van der Waals surface area contributed by atoms with E-state index < -0.39 is 17.6 Å². The molecule has 1 aromatic carbocycles. The number of amides is 2. The van der Waals surface area contributed by atoms with Crippen LogP contribution in [0.2, 0.25) is 0 Å². The quantitative estimate of drug-likeness (QED) is 0.757. The van der Waals surface area contributed by atoms with Gasteiger partial charge in [0.25, 0.3) is 0 Å². The molecule has 0 heterocycles. The molecule has 5 N–H and O–H groups in total. The molecule has 1 aromatic rings. The van der Waals surface area contributed by atoms with E-state index in [0.29, 0.717) is 12.0 Å². The van der Waals surface area contributed by atoms with E-state index in [2.05, 4.69) is 5.32 Å². The summed E-state index contributed by atoms with van der Waals surface area (Å²) < 4.78 is 5.19. The van der Waals surface area contributed by atoms with Crippen LogP contribution in [0.3, 0.4) is 0 Å². The molecular weight excluding hydrogens is 270 g/mol. The molecule has 0 radical (unpaired) electrons. The number of nitrogens with one attached hydrogen (secondary N) is 1. The summed E-state index contributed by atoms with van der Waals surface area (Å²) in [4.78, 5) is 22.7. The lowest BCUT2D eigenvalue weighted by Gasteiger charge is -2.23. The van der Waals surface area contributed by atoms with Gasteiger partial charge in [-0.05, 0) is 44.9 Å². The van der Waals surface area contributed by atoms with Crippen molar-refractivity contribution in [3.8, 4) is 0 Å². The van der Waals surface area contributed by atoms with Gasteiger partial charge < -0.3 is 21.5 Å². The lowest BCUT2D eigenvalue weighted by Crippen LogP contribution is -2.44. The van der Waals surface area contributed by atoms with Crippen LogP contribution < -0.4 is 16.8 Å². The number of hydrogen-bond acceptors (Lipinski definition) is 4. The largest absolute Gasteiger partial charge is 0.444 e. The molecule has 116 valence electrons. The molecule has 0 bridgehead atoms. The van der Waals surface area contributed by atoms with Crippen LogP contribution in [-0.2, 0) is 11.2 Å². The van der Waals surface area contributed by atoms with Gasteiger partial charge in [-0.15, -0.1) is 0 Å². The number of alkyl carbamates (subject to hydrolysis) is 1. The van der Waals surface area contributed by atoms with Gasteiger partial charge in [-0.1, -0.05) is 12.1 Å². The predicted molar refractivity (Wildman–Crippen MR) is 80.9 cm³/mol. The molecule has 6 heteroatoms. The van der Waals surface area contributed by atoms with Gasteiger partial charge in [-0.2, -0.15) is 0 Å². The zero-order valence-corrected chi connectivity index (χ0v) is 12.7. The third-order valence-electron chi connectivity index (χ3n) is 2.73. The first-order valence-electron chi connectivity index (χ1n) is 6.79. The number of hydrogen-bond donors (Lipinski definition) is 3. The van der Waals surface area contributed by atoms with Crippen molar-refractivity contribution in [2.45, 2.75) is 38.8 Å². The molecule has 6 nitrogen and oxygen atoms in total. The van der Waals surface area contributed by atoms with Gasteiger partial charge in [-0.25, -0.2) is 4.79 Å². The molecule has 0 aliphatic carbocycles. The number of benzene rings is 1. The van der Waals surface area contributed by atoms with Crippen molar-refractivity contribution in [1.29, 1.82) is 0 Å². The Hall–Kier alpha value is -2.08. The van der Waals surface area contributed by atoms with Crippen molar-refractivity contribution in [2.24, 2.45) is 11.5 Å². The maximum Gasteiger partial charge on any atom is 0.407 e. The predicted octanol–water partition coefficient (Wildman–Crippen LogP) is 1.18. The molecule has 0 saturated heterocycles. The first-order chi connectivity index (χ1) is 9.71. The molecule has 0 saturated carbocycles. The monoisotopic (exact) mass is 293 g/mol. The molecule has 0 aliphatic rings. The Balaban J connectivity index is 2.61. The van der Waals surface area contributed by atoms with E-state index in [-0.39, 0.29) is 12.6 Å². The van der Waals surface area contributed by atoms with Gasteiger partial charge in [0.1, 0.15) is 5.60 Å². The summed E-state index contributed by atoms with van der Waals surface area (Å²) in [7, 11) is 0. The van der Waals surface area contributed by atoms with Crippen molar-refractivity contribution in [1.82, 2.24) is 5.32 Å². The van der Waals surface area contributed by atoms with Gasteiger partial charge in [-0.3, -0.25) is 4.79 Å². The lowest BCUT2D eigenvalue weighted by atomic mass is 10.0. The molecule has 0 aromatic heterocycles. The second-order valence-corrected chi connectivity index (χ2v) is 5.84. The summed E-state index contributed by atoms with van der Waals surface area (Å²) in [5, 5.41) is 2.73. The SMILES string of the molecule is CC(C)(C)OC(=O)NC(CN)Cc1ccc(C(N)=O)cc1. The Labute approximate surface area is 124 Å². The maximum absolute atomic E-state index is 11.7. The molecule has 21 heavy (non-hydrogen) atoms. The molecule has 2 amide bonds. The summed E-state index contributed by atoms with van der Waals surface area (Å²) in [6.07, 6.45) is 0.0566. The van der Waals surface area contributed by atoms with Crippen LogP contribution in [0.25, 0.3) is 0 Å². The van der Waals surface area contributed by atoms with Crippen LogP contribution in [-0.4, -0.2) is 30.2 Å². The minimum atomic E-state index is -0.549. The van der Waals surface area contributed by atoms with Crippen molar-refractivity contribution >= 4 is 12.0 Å². The standard InChI is InChI=1S/C15H23N3O3/c1-15(2,3)21-14(20)18-12(9-16)8-10-4-6-11(7-5-10)13(17)19/h4-7,12H,8-9,16H2,1-3H3,(H2,17,19)(H,18,20). The van der Waals surface area contributed by atoms with Crippen molar-refractivity contribution in [3.63, 3.8) is 0 Å². The summed E-state index contributed by atoms with van der Waals surface area (Å²) in [5.41, 5.74) is 11.7. The van der Waals surface area contributed by atoms with E-state index in [1.54, 1.807) is 45.0 Å². The first-order valence-corrected chi connectivity index (χ1v) is 6.79. The van der Waals surface area contributed by atoms with Crippen LogP contribution >= 0.6 is 0 Å². The maximum atomic E-state index is 11.7. The van der Waals surface area contributed by atoms with Crippen LogP contribution in [0.4, 0.5) is 4.79 Å². The zero-order valence-electron chi connectivity index (χ0n) is 12.7. The highest BCUT2D eigenvalue weighted by Crippen LogP contribution is 2.09. The van der Waals surface area contributed by atoms with Gasteiger partial charge >= 0.3 is 6.09 Å². The van der Waals surface area contributed by atoms with Crippen LogP contribution in [0, 0.1) is 0 Å². The number of ether oxygens (including phenoxy) is 1. The van der Waals surface area contributed by atoms with E-state index in [1.165, 1.54) is 0 Å². The highest BCUT2D eigenvalue weighted by Gasteiger charge is 2.19. The minimum absolute atomic E-state index is 0.237. The van der Waals surface area contributed by atoms with E-state index in [9.17, 15) is 9.59 Å². The Bertz CT molecular complexity index is 492. The molecule has 0 aliphatic heterocycles. The highest BCUT2D eigenvalue weighted by molar-refractivity contribution is 5.92. The van der Waals surface area contributed by atoms with Crippen molar-refractivity contribution < 1.29 is 14.3 Å². The number of carbonyl (C=O) groups is 2.